The number of hydrogen-bond acceptors (Lipinski definition) is 5. The molecule has 0 amide bonds. The number of methoxy groups -OCH3 is 1. The summed E-state index contributed by atoms with van der Waals surface area (Å²) >= 11 is 0. The highest BCUT2D eigenvalue weighted by molar-refractivity contribution is 5.94. The molecule has 3 aromatic heterocycles. The predicted molar refractivity (Wildman–Crippen MR) is 215 cm³/mol. The molecular weight excluding hydrogens is 661 g/mol. The zero-order chi connectivity index (χ0) is 38.1. The second kappa shape index (κ2) is 15.7. The van der Waals surface area contributed by atoms with Crippen LogP contribution in [0.15, 0.2) is 29.6 Å². The smallest absolute Gasteiger partial charge is 0.313 e. The van der Waals surface area contributed by atoms with Gasteiger partial charge in [0.2, 0.25) is 0 Å². The molecule has 4 N–H and O–H groups in total. The minimum Gasteiger partial charge on any atom is -0.469 e. The Morgan fingerprint density at radius 2 is 1.72 bits per heavy atom. The van der Waals surface area contributed by atoms with Gasteiger partial charge in [-0.15, -0.1) is 0 Å². The number of ether oxygens (including phenoxy) is 2. The molecule has 0 aromatic carbocycles. The van der Waals surface area contributed by atoms with Crippen LogP contribution in [-0.4, -0.2) is 40.6 Å². The van der Waals surface area contributed by atoms with E-state index in [0.717, 1.165) is 92.0 Å². The van der Waals surface area contributed by atoms with E-state index < -0.39 is 5.92 Å². The maximum Gasteiger partial charge on any atom is 0.313 e. The van der Waals surface area contributed by atoms with Gasteiger partial charge in [0.25, 0.3) is 0 Å². The van der Waals surface area contributed by atoms with Crippen LogP contribution in [0.25, 0.3) is 29.9 Å². The van der Waals surface area contributed by atoms with Gasteiger partial charge in [0, 0.05) is 74.3 Å². The third kappa shape index (κ3) is 7.42. The van der Waals surface area contributed by atoms with Gasteiger partial charge in [-0.2, -0.15) is 0 Å². The minimum atomic E-state index is -0.466. The number of allylic oxidation sites excluding steroid dienone is 3. The molecule has 8 nitrogen and oxygen atoms in total. The van der Waals surface area contributed by atoms with Crippen LogP contribution in [0.4, 0.5) is 0 Å². The van der Waals surface area contributed by atoms with Crippen molar-refractivity contribution >= 4 is 41.8 Å². The summed E-state index contributed by atoms with van der Waals surface area (Å²) in [7, 11) is 1.46. The fourth-order valence-electron chi connectivity index (χ4n) is 8.62. The summed E-state index contributed by atoms with van der Waals surface area (Å²) in [6, 6.07) is 0. The Morgan fingerprint density at radius 3 is 2.42 bits per heavy atom. The number of esters is 2. The average Bonchev–Trinajstić information content (AvgIpc) is 3.88. The van der Waals surface area contributed by atoms with Crippen molar-refractivity contribution in [3.63, 3.8) is 0 Å². The summed E-state index contributed by atoms with van der Waals surface area (Å²) in [5.41, 5.74) is 15.1. The Bertz CT molecular complexity index is 2150. The van der Waals surface area contributed by atoms with Gasteiger partial charge >= 0.3 is 11.9 Å². The molecule has 0 unspecified atom stereocenters. The first-order valence-electron chi connectivity index (χ1n) is 19.5. The number of rotatable bonds is 12. The molecule has 8 heteroatoms. The van der Waals surface area contributed by atoms with Gasteiger partial charge in [-0.3, -0.25) is 9.59 Å². The Hall–Kier alpha value is -4.72. The second-order valence-corrected chi connectivity index (χ2v) is 15.7. The number of carbonyl (C=O) groups excluding carboxylic acids is 2. The third-order valence-corrected chi connectivity index (χ3v) is 11.9. The Balaban J connectivity index is 1.45. The molecule has 2 aliphatic heterocycles. The zero-order valence-corrected chi connectivity index (χ0v) is 33.2. The summed E-state index contributed by atoms with van der Waals surface area (Å²) in [6.45, 7) is 21.9. The minimum absolute atomic E-state index is 0.0377. The van der Waals surface area contributed by atoms with E-state index >= 15 is 0 Å². The molecule has 1 fully saturated rings. The van der Waals surface area contributed by atoms with Crippen molar-refractivity contribution in [2.75, 3.05) is 13.7 Å². The van der Waals surface area contributed by atoms with E-state index in [4.69, 9.17) is 9.47 Å². The van der Waals surface area contributed by atoms with E-state index in [9.17, 15) is 9.59 Å². The van der Waals surface area contributed by atoms with Gasteiger partial charge in [-0.1, -0.05) is 52.3 Å². The van der Waals surface area contributed by atoms with Crippen molar-refractivity contribution < 1.29 is 19.1 Å². The van der Waals surface area contributed by atoms with Crippen LogP contribution in [0.3, 0.4) is 0 Å². The highest BCUT2D eigenvalue weighted by Crippen LogP contribution is 2.48. The van der Waals surface area contributed by atoms with Crippen LogP contribution < -0.4 is 16.0 Å². The Labute approximate surface area is 314 Å². The lowest BCUT2D eigenvalue weighted by molar-refractivity contribution is -0.144. The summed E-state index contributed by atoms with van der Waals surface area (Å²) in [5, 5.41) is 5.94. The van der Waals surface area contributed by atoms with Gasteiger partial charge in [-0.25, -0.2) is 0 Å². The lowest BCUT2D eigenvalue weighted by Gasteiger charge is -2.20. The summed E-state index contributed by atoms with van der Waals surface area (Å²) in [4.78, 5) is 37.9. The molecule has 8 bridgehead atoms. The summed E-state index contributed by atoms with van der Waals surface area (Å²) < 4.78 is 11.1. The zero-order valence-electron chi connectivity index (χ0n) is 33.2. The van der Waals surface area contributed by atoms with Gasteiger partial charge in [0.1, 0.15) is 6.61 Å². The first kappa shape index (κ1) is 38.0. The van der Waals surface area contributed by atoms with Gasteiger partial charge in [-0.05, 0) is 118 Å². The van der Waals surface area contributed by atoms with Crippen LogP contribution in [0.1, 0.15) is 123 Å². The fourth-order valence-corrected chi connectivity index (χ4v) is 8.62. The molecule has 1 aliphatic carbocycles. The maximum absolute atomic E-state index is 13.5. The number of nitrogens with one attached hydrogen (secondary N) is 4. The number of aromatic nitrogens is 3. The Morgan fingerprint density at radius 1 is 0.981 bits per heavy atom. The van der Waals surface area contributed by atoms with E-state index in [0.29, 0.717) is 18.8 Å². The van der Waals surface area contributed by atoms with Gasteiger partial charge < -0.3 is 29.7 Å². The normalized spacial score (nSPS) is 22.8. The van der Waals surface area contributed by atoms with Crippen molar-refractivity contribution in [2.24, 2.45) is 23.7 Å². The van der Waals surface area contributed by atoms with E-state index in [1.165, 1.54) is 30.2 Å². The van der Waals surface area contributed by atoms with Crippen LogP contribution in [0.2, 0.25) is 0 Å². The number of carbonyl (C=O) groups is 2. The van der Waals surface area contributed by atoms with E-state index in [1.807, 2.05) is 12.2 Å². The second-order valence-electron chi connectivity index (χ2n) is 15.7. The molecule has 53 heavy (non-hydrogen) atoms. The van der Waals surface area contributed by atoms with E-state index in [-0.39, 0.29) is 36.8 Å². The molecular formula is C45H58N4O4. The largest absolute Gasteiger partial charge is 0.469 e. The molecule has 6 rings (SSSR count). The van der Waals surface area contributed by atoms with Crippen LogP contribution in [0.5, 0.6) is 0 Å². The molecule has 0 spiro atoms. The fraction of sp³-hybridized carbons (Fsp3) is 0.467. The number of H-pyrrole nitrogens is 3. The molecule has 3 aromatic rings. The maximum atomic E-state index is 13.5. The molecule has 1 saturated heterocycles. The van der Waals surface area contributed by atoms with Crippen LogP contribution >= 0.6 is 0 Å². The van der Waals surface area contributed by atoms with E-state index in [1.54, 1.807) is 0 Å². The SMILES string of the molecule is C=Cc1c2[nH]c(c1C)/C=C1\N/C(=C3\c4[nH]c(c(C)c4C[C@@H]3C(=O)OC)/C=c3\[nH]/c(c(C)c3CC)=C\2)[C@@H](CCC(=O)OC/C=C(/C)CCCC(C)C)[C@@H]1C. The lowest BCUT2D eigenvalue weighted by Crippen LogP contribution is -2.21. The van der Waals surface area contributed by atoms with Crippen molar-refractivity contribution in [3.8, 4) is 0 Å². The number of hydrogen-bond donors (Lipinski definition) is 4. The van der Waals surface area contributed by atoms with Gasteiger partial charge in [0.05, 0.1) is 13.0 Å². The van der Waals surface area contributed by atoms with Crippen molar-refractivity contribution in [3.05, 3.63) is 96.5 Å². The molecule has 3 aliphatic rings. The number of aromatic amines is 3. The van der Waals surface area contributed by atoms with Crippen molar-refractivity contribution in [2.45, 2.75) is 100 Å². The van der Waals surface area contributed by atoms with Crippen LogP contribution in [0, 0.1) is 44.4 Å². The predicted octanol–water partition coefficient (Wildman–Crippen LogP) is 7.82. The molecule has 0 radical (unpaired) electrons. The van der Waals surface area contributed by atoms with Crippen LogP contribution in [-0.2, 0) is 31.9 Å². The third-order valence-electron chi connectivity index (χ3n) is 11.9. The highest BCUT2D eigenvalue weighted by Gasteiger charge is 2.43. The summed E-state index contributed by atoms with van der Waals surface area (Å²) in [6.07, 6.45) is 16.2. The summed E-state index contributed by atoms with van der Waals surface area (Å²) in [5.74, 6) is -0.265. The quantitative estimate of drug-likeness (QED) is 0.113. The molecule has 3 atom stereocenters. The monoisotopic (exact) mass is 718 g/mol. The van der Waals surface area contributed by atoms with Crippen molar-refractivity contribution in [1.82, 2.24) is 20.3 Å². The Kier molecular flexibility index (Phi) is 11.3. The molecule has 0 saturated carbocycles. The van der Waals surface area contributed by atoms with Gasteiger partial charge in [0.15, 0.2) is 0 Å². The van der Waals surface area contributed by atoms with E-state index in [2.05, 4.69) is 100 Å². The highest BCUT2D eigenvalue weighted by atomic mass is 16.5. The standard InChI is InChI=1S/C45H58N4O4/c1-11-30-26(6)35-21-37-28(8)32(16-17-41(50)53-19-18-25(5)15-13-14-24(3)4)43(48-37)42-34(45(51)52-10)20-33-29(9)38(49-44(33)42)23-40-31(12-2)27(7)36(47-40)22-39(30)46-35/h11,18,21-24,28,32,34,46-49H,1,12-17,19-20H2,2-10H3/b25-18-,36-22-,37-21-,40-23-,43-42-/t28-,32-,34-/m0/s1. The molecule has 282 valence electrons. The molecule has 5 heterocycles. The lowest BCUT2D eigenvalue weighted by atomic mass is 9.85. The topological polar surface area (TPSA) is 112 Å². The first-order valence-corrected chi connectivity index (χ1v) is 19.5. The first-order chi connectivity index (χ1) is 25.4. The average molecular weight is 719 g/mol. The van der Waals surface area contributed by atoms with Crippen molar-refractivity contribution in [1.29, 1.82) is 0 Å². The number of fused-ring (bicyclic) bond motifs is 7.